The summed E-state index contributed by atoms with van der Waals surface area (Å²) in [5, 5.41) is 0. The molecule has 68 valence electrons. The number of hydrogen-bond donors (Lipinski definition) is 0. The molecule has 0 fully saturated rings. The molecular weight excluding hydrogens is 164 g/mol. The predicted molar refractivity (Wildman–Crippen MR) is 49.9 cm³/mol. The Morgan fingerprint density at radius 1 is 1.54 bits per heavy atom. The molecule has 2 nitrogen and oxygen atoms in total. The first-order valence-corrected chi connectivity index (χ1v) is 4.60. The second kappa shape index (κ2) is 3.21. The van der Waals surface area contributed by atoms with E-state index in [0.29, 0.717) is 6.42 Å². The van der Waals surface area contributed by atoms with E-state index < -0.39 is 0 Å². The highest BCUT2D eigenvalue weighted by Gasteiger charge is 2.23. The van der Waals surface area contributed by atoms with E-state index in [-0.39, 0.29) is 5.78 Å². The van der Waals surface area contributed by atoms with E-state index in [9.17, 15) is 4.79 Å². The molecule has 1 heterocycles. The summed E-state index contributed by atoms with van der Waals surface area (Å²) in [4.78, 5) is 11.5. The highest BCUT2D eigenvalue weighted by molar-refractivity contribution is 5.98. The number of carbonyl (C=O) groups excluding carboxylic acids is 1. The average molecular weight is 176 g/mol. The van der Waals surface area contributed by atoms with Crippen molar-refractivity contribution in [1.82, 2.24) is 0 Å². The number of carbonyl (C=O) groups is 1. The van der Waals surface area contributed by atoms with Crippen LogP contribution in [0.1, 0.15) is 26.2 Å². The SMILES string of the molecule is CCC(=O)C1=C2C=COC=C2CC1. The van der Waals surface area contributed by atoms with Crippen LogP contribution in [0.25, 0.3) is 0 Å². The van der Waals surface area contributed by atoms with Crippen molar-refractivity contribution in [2.45, 2.75) is 26.2 Å². The third-order valence-electron chi connectivity index (χ3n) is 2.50. The summed E-state index contributed by atoms with van der Waals surface area (Å²) in [5.41, 5.74) is 3.24. The number of hydrogen-bond acceptors (Lipinski definition) is 2. The van der Waals surface area contributed by atoms with Crippen LogP contribution in [-0.4, -0.2) is 5.78 Å². The van der Waals surface area contributed by atoms with Crippen LogP contribution in [0.5, 0.6) is 0 Å². The summed E-state index contributed by atoms with van der Waals surface area (Å²) in [6, 6.07) is 0. The minimum absolute atomic E-state index is 0.268. The second-order valence-corrected chi connectivity index (χ2v) is 3.25. The molecule has 2 aliphatic rings. The van der Waals surface area contributed by atoms with E-state index in [2.05, 4.69) is 0 Å². The third-order valence-corrected chi connectivity index (χ3v) is 2.50. The van der Waals surface area contributed by atoms with E-state index in [4.69, 9.17) is 4.74 Å². The van der Waals surface area contributed by atoms with Crippen molar-refractivity contribution in [3.8, 4) is 0 Å². The van der Waals surface area contributed by atoms with Crippen molar-refractivity contribution in [1.29, 1.82) is 0 Å². The molecule has 2 heteroatoms. The number of ketones is 1. The Morgan fingerprint density at radius 2 is 2.38 bits per heavy atom. The summed E-state index contributed by atoms with van der Waals surface area (Å²) in [5.74, 6) is 0.268. The van der Waals surface area contributed by atoms with Gasteiger partial charge in [0.1, 0.15) is 0 Å². The van der Waals surface area contributed by atoms with Crippen LogP contribution in [0.3, 0.4) is 0 Å². The minimum atomic E-state index is 0.268. The maximum absolute atomic E-state index is 11.5. The van der Waals surface area contributed by atoms with E-state index >= 15 is 0 Å². The molecule has 0 atom stereocenters. The fourth-order valence-electron chi connectivity index (χ4n) is 1.78. The molecule has 13 heavy (non-hydrogen) atoms. The lowest BCUT2D eigenvalue weighted by atomic mass is 10.0. The van der Waals surface area contributed by atoms with Gasteiger partial charge in [-0.15, -0.1) is 0 Å². The largest absolute Gasteiger partial charge is 0.472 e. The number of rotatable bonds is 2. The van der Waals surface area contributed by atoms with Gasteiger partial charge >= 0.3 is 0 Å². The Labute approximate surface area is 77.6 Å². The predicted octanol–water partition coefficient (Wildman–Crippen LogP) is 2.48. The Kier molecular flexibility index (Phi) is 2.05. The summed E-state index contributed by atoms with van der Waals surface area (Å²) >= 11 is 0. The smallest absolute Gasteiger partial charge is 0.159 e. The molecule has 0 amide bonds. The van der Waals surface area contributed by atoms with Crippen LogP contribution in [-0.2, 0) is 9.53 Å². The van der Waals surface area contributed by atoms with Crippen molar-refractivity contribution < 1.29 is 9.53 Å². The molecule has 0 spiro atoms. The van der Waals surface area contributed by atoms with Gasteiger partial charge in [0, 0.05) is 12.0 Å². The van der Waals surface area contributed by atoms with Crippen LogP contribution < -0.4 is 0 Å². The highest BCUT2D eigenvalue weighted by Crippen LogP contribution is 2.34. The van der Waals surface area contributed by atoms with E-state index in [0.717, 1.165) is 24.0 Å². The van der Waals surface area contributed by atoms with Gasteiger partial charge in [0.05, 0.1) is 12.5 Å². The van der Waals surface area contributed by atoms with Gasteiger partial charge in [-0.2, -0.15) is 0 Å². The highest BCUT2D eigenvalue weighted by atomic mass is 16.5. The Balaban J connectivity index is 2.37. The maximum atomic E-state index is 11.5. The molecule has 1 aliphatic heterocycles. The van der Waals surface area contributed by atoms with Gasteiger partial charge in [-0.3, -0.25) is 4.79 Å². The first kappa shape index (κ1) is 8.30. The molecule has 0 aromatic heterocycles. The fourth-order valence-corrected chi connectivity index (χ4v) is 1.78. The summed E-state index contributed by atoms with van der Waals surface area (Å²) in [6.45, 7) is 1.90. The molecule has 0 saturated heterocycles. The lowest BCUT2D eigenvalue weighted by Crippen LogP contribution is -2.00. The molecule has 0 N–H and O–H groups in total. The second-order valence-electron chi connectivity index (χ2n) is 3.25. The zero-order valence-corrected chi connectivity index (χ0v) is 7.67. The third kappa shape index (κ3) is 1.32. The summed E-state index contributed by atoms with van der Waals surface area (Å²) in [7, 11) is 0. The first-order chi connectivity index (χ1) is 6.33. The van der Waals surface area contributed by atoms with Gasteiger partial charge in [-0.1, -0.05) is 6.92 Å². The molecule has 1 aliphatic carbocycles. The van der Waals surface area contributed by atoms with Gasteiger partial charge in [0.25, 0.3) is 0 Å². The maximum Gasteiger partial charge on any atom is 0.159 e. The molecule has 0 unspecified atom stereocenters. The van der Waals surface area contributed by atoms with Crippen molar-refractivity contribution >= 4 is 5.78 Å². The van der Waals surface area contributed by atoms with Crippen LogP contribution in [0, 0.1) is 0 Å². The summed E-state index contributed by atoms with van der Waals surface area (Å²) < 4.78 is 5.06. The average Bonchev–Trinajstić information content (AvgIpc) is 2.60. The number of ether oxygens (including phenoxy) is 1. The van der Waals surface area contributed by atoms with Gasteiger partial charge in [-0.05, 0) is 30.1 Å². The van der Waals surface area contributed by atoms with E-state index in [1.54, 1.807) is 12.5 Å². The monoisotopic (exact) mass is 176 g/mol. The standard InChI is InChI=1S/C11H12O2/c1-2-11(12)10-4-3-8-7-13-6-5-9(8)10/h5-7H,2-4H2,1H3. The van der Waals surface area contributed by atoms with Gasteiger partial charge in [0.2, 0.25) is 0 Å². The van der Waals surface area contributed by atoms with Crippen molar-refractivity contribution in [2.75, 3.05) is 0 Å². The Bertz CT molecular complexity index is 332. The van der Waals surface area contributed by atoms with Crippen LogP contribution in [0.4, 0.5) is 0 Å². The fraction of sp³-hybridized carbons (Fsp3) is 0.364. The molecule has 0 aromatic rings. The van der Waals surface area contributed by atoms with Gasteiger partial charge in [-0.25, -0.2) is 0 Å². The van der Waals surface area contributed by atoms with Crippen molar-refractivity contribution in [2.24, 2.45) is 0 Å². The molecule has 0 bridgehead atoms. The lowest BCUT2D eigenvalue weighted by molar-refractivity contribution is -0.115. The molecular formula is C11H12O2. The Hall–Kier alpha value is -1.31. The van der Waals surface area contributed by atoms with Gasteiger partial charge < -0.3 is 4.74 Å². The first-order valence-electron chi connectivity index (χ1n) is 4.60. The molecule has 0 aromatic carbocycles. The van der Waals surface area contributed by atoms with Crippen molar-refractivity contribution in [3.05, 3.63) is 35.3 Å². The molecule has 0 saturated carbocycles. The zero-order chi connectivity index (χ0) is 9.26. The number of fused-ring (bicyclic) bond motifs is 1. The molecule has 2 rings (SSSR count). The van der Waals surface area contributed by atoms with Crippen LogP contribution in [0.15, 0.2) is 35.3 Å². The number of allylic oxidation sites excluding steroid dienone is 4. The lowest BCUT2D eigenvalue weighted by Gasteiger charge is -2.06. The minimum Gasteiger partial charge on any atom is -0.472 e. The van der Waals surface area contributed by atoms with E-state index in [1.165, 1.54) is 5.57 Å². The van der Waals surface area contributed by atoms with E-state index in [1.807, 2.05) is 13.0 Å². The molecule has 0 radical (unpaired) electrons. The zero-order valence-electron chi connectivity index (χ0n) is 7.67. The topological polar surface area (TPSA) is 26.3 Å². The van der Waals surface area contributed by atoms with Crippen LogP contribution >= 0.6 is 0 Å². The van der Waals surface area contributed by atoms with Crippen LogP contribution in [0.2, 0.25) is 0 Å². The summed E-state index contributed by atoms with van der Waals surface area (Å²) in [6.07, 6.45) is 7.69. The van der Waals surface area contributed by atoms with Gasteiger partial charge in [0.15, 0.2) is 5.78 Å². The number of Topliss-reactive ketones (excluding diaryl/α,β-unsaturated/α-hetero) is 1. The quantitative estimate of drug-likeness (QED) is 0.646. The normalized spacial score (nSPS) is 19.6. The van der Waals surface area contributed by atoms with Crippen molar-refractivity contribution in [3.63, 3.8) is 0 Å². The Morgan fingerprint density at radius 3 is 3.15 bits per heavy atom.